The number of nitrogens with one attached hydrogen (secondary N) is 1. The van der Waals surface area contributed by atoms with E-state index in [9.17, 15) is 0 Å². The average molecular weight is 380 g/mol. The van der Waals surface area contributed by atoms with Crippen molar-refractivity contribution >= 4 is 39.8 Å². The Balaban J connectivity index is 1.78. The molecule has 26 heavy (non-hydrogen) atoms. The van der Waals surface area contributed by atoms with Crippen LogP contribution in [-0.4, -0.2) is 16.3 Å². The molecule has 1 aromatic heterocycles. The Labute approximate surface area is 161 Å². The molecule has 0 atom stereocenters. The van der Waals surface area contributed by atoms with Gasteiger partial charge in [0.05, 0.1) is 21.4 Å². The number of rotatable bonds is 2. The van der Waals surface area contributed by atoms with E-state index >= 15 is 0 Å². The molecule has 2 heterocycles. The van der Waals surface area contributed by atoms with Gasteiger partial charge in [0.2, 0.25) is 0 Å². The fourth-order valence-corrected chi connectivity index (χ4v) is 4.03. The Hall–Kier alpha value is -2.49. The summed E-state index contributed by atoms with van der Waals surface area (Å²) in [6.07, 6.45) is 0.937. The molecule has 0 radical (unpaired) electrons. The number of fused-ring (bicyclic) bond motifs is 2. The van der Waals surface area contributed by atoms with Crippen molar-refractivity contribution in [2.24, 2.45) is 0 Å². The van der Waals surface area contributed by atoms with Crippen molar-refractivity contribution in [3.63, 3.8) is 0 Å². The molecule has 0 amide bonds. The molecule has 128 valence electrons. The zero-order valence-corrected chi connectivity index (χ0v) is 15.3. The van der Waals surface area contributed by atoms with Gasteiger partial charge in [0, 0.05) is 17.7 Å². The number of benzene rings is 3. The van der Waals surface area contributed by atoms with Crippen LogP contribution >= 0.6 is 23.2 Å². The molecule has 4 aromatic rings. The fourth-order valence-electron chi connectivity index (χ4n) is 3.65. The van der Waals surface area contributed by atoms with Crippen LogP contribution in [0.5, 0.6) is 0 Å². The summed E-state index contributed by atoms with van der Waals surface area (Å²) in [6.45, 7) is 0.892. The van der Waals surface area contributed by atoms with Crippen LogP contribution in [0.1, 0.15) is 5.56 Å². The van der Waals surface area contributed by atoms with Gasteiger partial charge in [-0.15, -0.1) is 0 Å². The lowest BCUT2D eigenvalue weighted by Crippen LogP contribution is -2.05. The summed E-state index contributed by atoms with van der Waals surface area (Å²) >= 11 is 12.7. The monoisotopic (exact) mass is 379 g/mol. The Morgan fingerprint density at radius 1 is 0.923 bits per heavy atom. The van der Waals surface area contributed by atoms with E-state index < -0.39 is 0 Å². The zero-order valence-electron chi connectivity index (χ0n) is 13.8. The molecule has 0 spiro atoms. The van der Waals surface area contributed by atoms with Crippen molar-refractivity contribution < 1.29 is 0 Å². The summed E-state index contributed by atoms with van der Waals surface area (Å²) in [4.78, 5) is 0. The summed E-state index contributed by atoms with van der Waals surface area (Å²) < 4.78 is 1.88. The highest BCUT2D eigenvalue weighted by molar-refractivity contribution is 6.43. The normalized spacial score (nSPS) is 13.0. The van der Waals surface area contributed by atoms with Crippen LogP contribution in [0.15, 0.2) is 60.7 Å². The SMILES string of the molecule is Clc1cccc(-n2nc(-c3cccc4ccccc34)c3c2NCC3)c1Cl. The fraction of sp³-hybridized carbons (Fsp3) is 0.0952. The molecule has 3 aromatic carbocycles. The van der Waals surface area contributed by atoms with E-state index in [0.717, 1.165) is 35.7 Å². The minimum atomic E-state index is 0.512. The lowest BCUT2D eigenvalue weighted by Gasteiger charge is -2.09. The molecule has 1 N–H and O–H groups in total. The van der Waals surface area contributed by atoms with E-state index in [2.05, 4.69) is 47.8 Å². The Morgan fingerprint density at radius 3 is 2.65 bits per heavy atom. The van der Waals surface area contributed by atoms with E-state index in [1.807, 2.05) is 16.8 Å². The first-order valence-corrected chi connectivity index (χ1v) is 9.28. The van der Waals surface area contributed by atoms with Gasteiger partial charge in [-0.1, -0.05) is 71.7 Å². The summed E-state index contributed by atoms with van der Waals surface area (Å²) in [5, 5.41) is 11.8. The molecular weight excluding hydrogens is 365 g/mol. The smallest absolute Gasteiger partial charge is 0.133 e. The number of nitrogens with zero attached hydrogens (tertiary/aromatic N) is 2. The predicted octanol–water partition coefficient (Wildman–Crippen LogP) is 5.97. The van der Waals surface area contributed by atoms with Crippen LogP contribution < -0.4 is 5.32 Å². The molecule has 3 nitrogen and oxygen atoms in total. The van der Waals surface area contributed by atoms with Crippen molar-refractivity contribution in [3.05, 3.63) is 76.3 Å². The topological polar surface area (TPSA) is 29.9 Å². The minimum absolute atomic E-state index is 0.512. The number of hydrogen-bond acceptors (Lipinski definition) is 2. The number of anilines is 1. The van der Waals surface area contributed by atoms with Gasteiger partial charge >= 0.3 is 0 Å². The Kier molecular flexibility index (Phi) is 3.66. The third-order valence-corrected chi connectivity index (χ3v) is 5.66. The number of halogens is 2. The number of hydrogen-bond donors (Lipinski definition) is 1. The molecular formula is C21H15Cl2N3. The highest BCUT2D eigenvalue weighted by atomic mass is 35.5. The molecule has 0 bridgehead atoms. The third kappa shape index (κ3) is 2.32. The highest BCUT2D eigenvalue weighted by Gasteiger charge is 2.25. The number of aromatic nitrogens is 2. The second kappa shape index (κ2) is 6.04. The Morgan fingerprint density at radius 2 is 1.73 bits per heavy atom. The van der Waals surface area contributed by atoms with E-state index in [-0.39, 0.29) is 0 Å². The van der Waals surface area contributed by atoms with E-state index in [1.165, 1.54) is 16.3 Å². The van der Waals surface area contributed by atoms with Crippen LogP contribution in [0, 0.1) is 0 Å². The van der Waals surface area contributed by atoms with Gasteiger partial charge in [-0.05, 0) is 29.3 Å². The van der Waals surface area contributed by atoms with Crippen molar-refractivity contribution in [1.29, 1.82) is 0 Å². The van der Waals surface area contributed by atoms with Crippen LogP contribution in [0.25, 0.3) is 27.7 Å². The predicted molar refractivity (Wildman–Crippen MR) is 109 cm³/mol. The maximum absolute atomic E-state index is 6.46. The van der Waals surface area contributed by atoms with Gasteiger partial charge in [-0.25, -0.2) is 4.68 Å². The molecule has 0 unspecified atom stereocenters. The van der Waals surface area contributed by atoms with E-state index in [4.69, 9.17) is 28.3 Å². The van der Waals surface area contributed by atoms with Gasteiger partial charge in [-0.3, -0.25) is 0 Å². The second-order valence-electron chi connectivity index (χ2n) is 6.36. The van der Waals surface area contributed by atoms with Crippen LogP contribution in [0.4, 0.5) is 5.82 Å². The molecule has 0 saturated heterocycles. The van der Waals surface area contributed by atoms with E-state index in [0.29, 0.717) is 10.0 Å². The van der Waals surface area contributed by atoms with Crippen molar-refractivity contribution in [2.45, 2.75) is 6.42 Å². The molecule has 5 heteroatoms. The van der Waals surface area contributed by atoms with E-state index in [1.54, 1.807) is 6.07 Å². The van der Waals surface area contributed by atoms with Gasteiger partial charge in [0.25, 0.3) is 0 Å². The average Bonchev–Trinajstić information content (AvgIpc) is 3.27. The van der Waals surface area contributed by atoms with Crippen LogP contribution in [0.2, 0.25) is 10.0 Å². The maximum Gasteiger partial charge on any atom is 0.133 e. The van der Waals surface area contributed by atoms with Gasteiger partial charge in [0.1, 0.15) is 5.82 Å². The minimum Gasteiger partial charge on any atom is -0.369 e. The standard InChI is InChI=1S/C21H15Cl2N3/c22-17-9-4-10-18(19(17)23)26-21-16(11-12-24-21)20(25-26)15-8-3-6-13-5-1-2-7-14(13)15/h1-10,24H,11-12H2. The zero-order chi connectivity index (χ0) is 17.7. The van der Waals surface area contributed by atoms with Gasteiger partial charge in [-0.2, -0.15) is 5.10 Å². The van der Waals surface area contributed by atoms with Crippen LogP contribution in [0.3, 0.4) is 0 Å². The van der Waals surface area contributed by atoms with Gasteiger partial charge < -0.3 is 5.32 Å². The first-order valence-electron chi connectivity index (χ1n) is 8.52. The summed E-state index contributed by atoms with van der Waals surface area (Å²) in [5.74, 6) is 0.997. The van der Waals surface area contributed by atoms with Crippen molar-refractivity contribution in [1.82, 2.24) is 9.78 Å². The summed E-state index contributed by atoms with van der Waals surface area (Å²) in [6, 6.07) is 20.4. The lowest BCUT2D eigenvalue weighted by molar-refractivity contribution is 0.883. The quantitative estimate of drug-likeness (QED) is 0.465. The lowest BCUT2D eigenvalue weighted by atomic mass is 9.99. The molecule has 1 aliphatic rings. The van der Waals surface area contributed by atoms with Gasteiger partial charge in [0.15, 0.2) is 0 Å². The first kappa shape index (κ1) is 15.7. The highest BCUT2D eigenvalue weighted by Crippen LogP contribution is 2.39. The molecule has 0 saturated carbocycles. The molecule has 0 fully saturated rings. The molecule has 5 rings (SSSR count). The van der Waals surface area contributed by atoms with Crippen molar-refractivity contribution in [2.75, 3.05) is 11.9 Å². The first-order chi connectivity index (χ1) is 12.7. The molecule has 0 aliphatic carbocycles. The largest absolute Gasteiger partial charge is 0.369 e. The Bertz CT molecular complexity index is 1140. The second-order valence-corrected chi connectivity index (χ2v) is 7.15. The van der Waals surface area contributed by atoms with Crippen molar-refractivity contribution in [3.8, 4) is 16.9 Å². The van der Waals surface area contributed by atoms with Crippen LogP contribution in [-0.2, 0) is 6.42 Å². The molecule has 1 aliphatic heterocycles. The summed E-state index contributed by atoms with van der Waals surface area (Å²) in [7, 11) is 0. The summed E-state index contributed by atoms with van der Waals surface area (Å²) in [5.41, 5.74) is 4.14. The third-order valence-electron chi connectivity index (χ3n) is 4.86. The maximum atomic E-state index is 6.46.